The summed E-state index contributed by atoms with van der Waals surface area (Å²) in [6, 6.07) is 4.71. The molecule has 0 spiro atoms. The van der Waals surface area contributed by atoms with E-state index in [-0.39, 0.29) is 5.12 Å². The van der Waals surface area contributed by atoms with Gasteiger partial charge < -0.3 is 5.73 Å². The number of aryl methyl sites for hydroxylation is 1. The first-order valence-electron chi connectivity index (χ1n) is 5.78. The number of hydrogen-bond acceptors (Lipinski definition) is 3. The van der Waals surface area contributed by atoms with E-state index in [1.54, 1.807) is 12.1 Å². The number of benzene rings is 1. The second-order valence-corrected chi connectivity index (χ2v) is 5.43. The van der Waals surface area contributed by atoms with Crippen LogP contribution in [0, 0.1) is 0 Å². The van der Waals surface area contributed by atoms with Crippen LogP contribution >= 0.6 is 23.4 Å². The van der Waals surface area contributed by atoms with E-state index in [4.69, 9.17) is 17.3 Å². The number of primary amides is 1. The molecule has 19 heavy (non-hydrogen) atoms. The van der Waals surface area contributed by atoms with Crippen molar-refractivity contribution in [2.45, 2.75) is 13.3 Å². The Bertz CT molecular complexity index is 572. The number of halogens is 1. The SMILES string of the molecule is CCc1ccc(N(C(N)=O)C2=CC(=O)SC2)cc1Cl. The van der Waals surface area contributed by atoms with Crippen LogP contribution in [0.2, 0.25) is 5.02 Å². The lowest BCUT2D eigenvalue weighted by molar-refractivity contribution is -0.106. The molecule has 0 atom stereocenters. The van der Waals surface area contributed by atoms with Crippen molar-refractivity contribution in [2.24, 2.45) is 5.73 Å². The highest BCUT2D eigenvalue weighted by Crippen LogP contribution is 2.30. The molecule has 0 fully saturated rings. The Hall–Kier alpha value is -1.46. The number of urea groups is 1. The fourth-order valence-electron chi connectivity index (χ4n) is 1.89. The minimum atomic E-state index is -0.623. The number of nitrogens with zero attached hydrogens (tertiary/aromatic N) is 1. The van der Waals surface area contributed by atoms with Gasteiger partial charge in [-0.25, -0.2) is 4.79 Å². The Balaban J connectivity index is 2.40. The van der Waals surface area contributed by atoms with Crippen LogP contribution in [0.4, 0.5) is 10.5 Å². The summed E-state index contributed by atoms with van der Waals surface area (Å²) in [5, 5.41) is 0.515. The largest absolute Gasteiger partial charge is 0.351 e. The van der Waals surface area contributed by atoms with E-state index in [0.29, 0.717) is 22.2 Å². The maximum absolute atomic E-state index is 11.6. The fourth-order valence-corrected chi connectivity index (χ4v) is 2.92. The quantitative estimate of drug-likeness (QED) is 0.933. The minimum absolute atomic E-state index is 0.0717. The molecule has 0 aromatic heterocycles. The summed E-state index contributed by atoms with van der Waals surface area (Å²) in [6.07, 6.45) is 2.24. The van der Waals surface area contributed by atoms with Gasteiger partial charge in [0, 0.05) is 22.5 Å². The highest BCUT2D eigenvalue weighted by atomic mass is 35.5. The van der Waals surface area contributed by atoms with Gasteiger partial charge in [0.1, 0.15) is 0 Å². The van der Waals surface area contributed by atoms with Crippen LogP contribution < -0.4 is 10.6 Å². The number of hydrogen-bond donors (Lipinski definition) is 1. The van der Waals surface area contributed by atoms with Gasteiger partial charge in [0.2, 0.25) is 5.12 Å². The Kier molecular flexibility index (Phi) is 4.17. The summed E-state index contributed by atoms with van der Waals surface area (Å²) in [4.78, 5) is 24.2. The second kappa shape index (κ2) is 5.67. The molecule has 0 unspecified atom stereocenters. The van der Waals surface area contributed by atoms with Crippen LogP contribution in [0.5, 0.6) is 0 Å². The zero-order valence-electron chi connectivity index (χ0n) is 10.4. The molecule has 0 radical (unpaired) electrons. The first kappa shape index (κ1) is 14.0. The van der Waals surface area contributed by atoms with E-state index < -0.39 is 6.03 Å². The first-order valence-corrected chi connectivity index (χ1v) is 7.14. The number of rotatable bonds is 3. The summed E-state index contributed by atoms with van der Waals surface area (Å²) in [5.41, 5.74) is 7.56. The average molecular weight is 297 g/mol. The van der Waals surface area contributed by atoms with E-state index in [1.807, 2.05) is 13.0 Å². The molecule has 0 saturated heterocycles. The van der Waals surface area contributed by atoms with Crippen LogP contribution in [0.25, 0.3) is 0 Å². The summed E-state index contributed by atoms with van der Waals surface area (Å²) >= 11 is 7.29. The van der Waals surface area contributed by atoms with Crippen molar-refractivity contribution in [3.63, 3.8) is 0 Å². The normalized spacial score (nSPS) is 14.4. The molecule has 2 N–H and O–H groups in total. The van der Waals surface area contributed by atoms with E-state index in [1.165, 1.54) is 11.0 Å². The van der Waals surface area contributed by atoms with Gasteiger partial charge in [0.15, 0.2) is 0 Å². The van der Waals surface area contributed by atoms with Gasteiger partial charge >= 0.3 is 6.03 Å². The van der Waals surface area contributed by atoms with Gasteiger partial charge in [-0.15, -0.1) is 0 Å². The summed E-state index contributed by atoms with van der Waals surface area (Å²) in [5.74, 6) is 0.439. The molecular weight excluding hydrogens is 284 g/mol. The molecule has 2 amide bonds. The van der Waals surface area contributed by atoms with Crippen molar-refractivity contribution in [1.82, 2.24) is 0 Å². The minimum Gasteiger partial charge on any atom is -0.351 e. The number of anilines is 1. The van der Waals surface area contributed by atoms with Crippen LogP contribution in [0.3, 0.4) is 0 Å². The molecule has 2 rings (SSSR count). The van der Waals surface area contributed by atoms with Crippen LogP contribution in [0.1, 0.15) is 12.5 Å². The van der Waals surface area contributed by atoms with Gasteiger partial charge in [0.25, 0.3) is 0 Å². The van der Waals surface area contributed by atoms with E-state index in [9.17, 15) is 9.59 Å². The maximum atomic E-state index is 11.6. The van der Waals surface area contributed by atoms with Gasteiger partial charge in [-0.1, -0.05) is 36.4 Å². The van der Waals surface area contributed by atoms with Crippen molar-refractivity contribution in [3.8, 4) is 0 Å². The van der Waals surface area contributed by atoms with Crippen molar-refractivity contribution in [2.75, 3.05) is 10.7 Å². The third-order valence-corrected chi connectivity index (χ3v) is 4.02. The lowest BCUT2D eigenvalue weighted by Gasteiger charge is -2.21. The molecule has 0 saturated carbocycles. The molecule has 0 bridgehead atoms. The molecule has 0 aliphatic carbocycles. The van der Waals surface area contributed by atoms with Crippen LogP contribution in [0.15, 0.2) is 30.0 Å². The summed E-state index contributed by atoms with van der Waals surface area (Å²) in [7, 11) is 0. The highest BCUT2D eigenvalue weighted by Gasteiger charge is 2.24. The lowest BCUT2D eigenvalue weighted by Crippen LogP contribution is -2.35. The van der Waals surface area contributed by atoms with Crippen molar-refractivity contribution >= 4 is 40.2 Å². The number of carbonyl (C=O) groups is 2. The number of carbonyl (C=O) groups excluding carboxylic acids is 2. The van der Waals surface area contributed by atoms with Crippen molar-refractivity contribution < 1.29 is 9.59 Å². The first-order chi connectivity index (χ1) is 9.02. The summed E-state index contributed by atoms with van der Waals surface area (Å²) < 4.78 is 0. The molecule has 100 valence electrons. The molecule has 1 aromatic carbocycles. The number of thioether (sulfide) groups is 1. The molecular formula is C13H13ClN2O2S. The van der Waals surface area contributed by atoms with Crippen molar-refractivity contribution in [1.29, 1.82) is 0 Å². The van der Waals surface area contributed by atoms with Gasteiger partial charge in [-0.3, -0.25) is 9.69 Å². The molecule has 4 nitrogen and oxygen atoms in total. The third-order valence-electron chi connectivity index (χ3n) is 2.83. The Morgan fingerprint density at radius 2 is 2.26 bits per heavy atom. The molecule has 1 heterocycles. The fraction of sp³-hybridized carbons (Fsp3) is 0.231. The topological polar surface area (TPSA) is 63.4 Å². The number of nitrogens with two attached hydrogens (primary N) is 1. The van der Waals surface area contributed by atoms with E-state index >= 15 is 0 Å². The van der Waals surface area contributed by atoms with E-state index in [2.05, 4.69) is 0 Å². The zero-order chi connectivity index (χ0) is 14.0. The van der Waals surface area contributed by atoms with Gasteiger partial charge in [-0.05, 0) is 24.1 Å². The molecule has 6 heteroatoms. The van der Waals surface area contributed by atoms with Crippen LogP contribution in [-0.2, 0) is 11.2 Å². The smallest absolute Gasteiger partial charge is 0.323 e. The lowest BCUT2D eigenvalue weighted by atomic mass is 10.1. The summed E-state index contributed by atoms with van der Waals surface area (Å²) in [6.45, 7) is 2.00. The Morgan fingerprint density at radius 1 is 1.53 bits per heavy atom. The standard InChI is InChI=1S/C13H13ClN2O2S/c1-2-8-3-4-9(5-11(8)14)16(13(15)18)10-6-12(17)19-7-10/h3-6H,2,7H2,1H3,(H2,15,18). The predicted octanol–water partition coefficient (Wildman–Crippen LogP) is 2.94. The highest BCUT2D eigenvalue weighted by molar-refractivity contribution is 8.14. The number of amides is 2. The molecule has 1 aliphatic heterocycles. The monoisotopic (exact) mass is 296 g/mol. The Morgan fingerprint density at radius 3 is 2.74 bits per heavy atom. The van der Waals surface area contributed by atoms with Crippen LogP contribution in [-0.4, -0.2) is 16.9 Å². The van der Waals surface area contributed by atoms with E-state index in [0.717, 1.165) is 23.7 Å². The second-order valence-electron chi connectivity index (χ2n) is 4.05. The third kappa shape index (κ3) is 2.93. The van der Waals surface area contributed by atoms with Gasteiger partial charge in [0.05, 0.1) is 5.69 Å². The maximum Gasteiger partial charge on any atom is 0.323 e. The predicted molar refractivity (Wildman–Crippen MR) is 78.4 cm³/mol. The Labute approximate surface area is 120 Å². The van der Waals surface area contributed by atoms with Gasteiger partial charge in [-0.2, -0.15) is 0 Å². The average Bonchev–Trinajstić information content (AvgIpc) is 2.75. The zero-order valence-corrected chi connectivity index (χ0v) is 11.9. The molecule has 1 aliphatic rings. The van der Waals surface area contributed by atoms with Crippen molar-refractivity contribution in [3.05, 3.63) is 40.6 Å². The molecule has 1 aromatic rings.